The van der Waals surface area contributed by atoms with Gasteiger partial charge in [-0.1, -0.05) is 45.1 Å². The monoisotopic (exact) mass is 935 g/mol. The van der Waals surface area contributed by atoms with Crippen LogP contribution >= 0.6 is 0 Å². The predicted octanol–water partition coefficient (Wildman–Crippen LogP) is 0.320. The van der Waals surface area contributed by atoms with Crippen LogP contribution in [-0.4, -0.2) is 195 Å². The molecule has 18 atom stereocenters. The van der Waals surface area contributed by atoms with Crippen molar-refractivity contribution in [1.82, 2.24) is 4.90 Å². The number of carboxylic acids is 2. The lowest BCUT2D eigenvalue weighted by Gasteiger charge is -2.50. The minimum atomic E-state index is -2.27. The third-order valence-corrected chi connectivity index (χ3v) is 11.4. The third kappa shape index (κ3) is 17.6. The molecule has 0 aromatic heterocycles. The quantitative estimate of drug-likeness (QED) is 0.0859. The largest absolute Gasteiger partial charge is 0.479 e. The number of aliphatic hydroxyl groups is 6. The summed E-state index contributed by atoms with van der Waals surface area (Å²) in [5.74, 6) is -5.57. The highest BCUT2D eigenvalue weighted by Gasteiger charge is 2.52. The maximum Gasteiger partial charge on any atom is 0.335 e. The number of allylic oxidation sites excluding steroid dienone is 2. The Hall–Kier alpha value is -3.45. The van der Waals surface area contributed by atoms with E-state index in [9.17, 15) is 44.4 Å². The van der Waals surface area contributed by atoms with Gasteiger partial charge in [-0.15, -0.1) is 0 Å². The highest BCUT2D eigenvalue weighted by atomic mass is 16.7. The topological polar surface area (TPSA) is 315 Å². The standard InChI is InChI=1S/C40H67NO14.C4H6O6/c1-22(2)18-30(45)53-38-26(6)51-32(21-40(38,7)48)54-35-25(5)52-39(34(47)33(35)41(8)9)55-36-27(16-17-42)19-23(3)28(43)15-13-11-12-14-24(4)50-31(46)20-29(44)37(36)49-10;5-1(3(7)8)2(6)4(9)10/h11-13,15,17,22-29,32-39,43-44,47-48H,14,16,18-21H2,1-10H3;1-2,5-6H,(H,7,8)(H,9,10). The van der Waals surface area contributed by atoms with Crippen molar-refractivity contribution in [1.29, 1.82) is 0 Å². The van der Waals surface area contributed by atoms with Crippen LogP contribution in [-0.2, 0) is 57.1 Å². The minimum absolute atomic E-state index is 0.0318. The molecule has 0 aromatic carbocycles. The summed E-state index contributed by atoms with van der Waals surface area (Å²) in [6.07, 6.45) is -8.46. The molecule has 0 saturated carbocycles. The molecule has 65 heavy (non-hydrogen) atoms. The molecule has 21 nitrogen and oxygen atoms in total. The molecule has 0 aliphatic carbocycles. The first-order valence-electron chi connectivity index (χ1n) is 21.8. The number of aliphatic carboxylic acids is 2. The molecule has 0 aromatic rings. The van der Waals surface area contributed by atoms with Gasteiger partial charge in [0.25, 0.3) is 0 Å². The molecule has 2 fully saturated rings. The number of carboxylic acid groups (broad SMARTS) is 2. The maximum atomic E-state index is 12.9. The van der Waals surface area contributed by atoms with Gasteiger partial charge in [-0.3, -0.25) is 9.59 Å². The summed E-state index contributed by atoms with van der Waals surface area (Å²) in [6, 6.07) is -0.753. The van der Waals surface area contributed by atoms with Crippen LogP contribution in [0.3, 0.4) is 0 Å². The number of aliphatic hydroxyl groups excluding tert-OH is 5. The van der Waals surface area contributed by atoms with E-state index in [0.29, 0.717) is 6.42 Å². The summed E-state index contributed by atoms with van der Waals surface area (Å²) in [7, 11) is 4.86. The molecule has 0 bridgehead atoms. The third-order valence-electron chi connectivity index (χ3n) is 11.4. The molecule has 0 spiro atoms. The Bertz CT molecular complexity index is 1550. The lowest BCUT2D eigenvalue weighted by atomic mass is 9.82. The van der Waals surface area contributed by atoms with Gasteiger partial charge in [0.1, 0.15) is 36.3 Å². The summed E-state index contributed by atoms with van der Waals surface area (Å²) in [6.45, 7) is 12.4. The van der Waals surface area contributed by atoms with E-state index >= 15 is 0 Å². The number of hydrogen-bond donors (Lipinski definition) is 8. The first kappa shape index (κ1) is 57.7. The number of aldehydes is 1. The van der Waals surface area contributed by atoms with Gasteiger partial charge < -0.3 is 83.7 Å². The normalized spacial score (nSPS) is 37.3. The zero-order valence-corrected chi connectivity index (χ0v) is 38.9. The Kier molecular flexibility index (Phi) is 23.8. The lowest BCUT2D eigenvalue weighted by Crippen LogP contribution is -2.66. The number of nitrogens with zero attached hydrogens (tertiary/aromatic N) is 1. The molecule has 374 valence electrons. The van der Waals surface area contributed by atoms with Crippen molar-refractivity contribution in [2.24, 2.45) is 17.8 Å². The van der Waals surface area contributed by atoms with E-state index in [2.05, 4.69) is 0 Å². The molecule has 8 N–H and O–H groups in total. The van der Waals surface area contributed by atoms with Crippen molar-refractivity contribution in [2.45, 2.75) is 184 Å². The van der Waals surface area contributed by atoms with Crippen LogP contribution in [0.15, 0.2) is 24.3 Å². The average Bonchev–Trinajstić information content (AvgIpc) is 3.19. The maximum absolute atomic E-state index is 12.9. The van der Waals surface area contributed by atoms with E-state index in [1.165, 1.54) is 7.11 Å². The number of carbonyl (C=O) groups is 5. The van der Waals surface area contributed by atoms with Gasteiger partial charge in [-0.2, -0.15) is 0 Å². The van der Waals surface area contributed by atoms with E-state index in [0.717, 1.165) is 6.29 Å². The predicted molar refractivity (Wildman–Crippen MR) is 228 cm³/mol. The molecule has 0 radical (unpaired) electrons. The number of likely N-dealkylation sites (N-methyl/N-ethyl adjacent to an activating group) is 1. The van der Waals surface area contributed by atoms with Crippen LogP contribution in [0.1, 0.15) is 87.0 Å². The molecular weight excluding hydrogens is 862 g/mol. The smallest absolute Gasteiger partial charge is 0.335 e. The van der Waals surface area contributed by atoms with Gasteiger partial charge in [0.2, 0.25) is 0 Å². The highest BCUT2D eigenvalue weighted by molar-refractivity contribution is 5.83. The summed E-state index contributed by atoms with van der Waals surface area (Å²) >= 11 is 0. The van der Waals surface area contributed by atoms with Gasteiger partial charge >= 0.3 is 23.9 Å². The fourth-order valence-corrected chi connectivity index (χ4v) is 8.05. The van der Waals surface area contributed by atoms with Crippen LogP contribution in [0.2, 0.25) is 0 Å². The second-order valence-corrected chi connectivity index (χ2v) is 17.9. The number of methoxy groups -OCH3 is 1. The summed E-state index contributed by atoms with van der Waals surface area (Å²) in [5.41, 5.74) is -1.49. The number of cyclic esters (lactones) is 1. The zero-order valence-electron chi connectivity index (χ0n) is 38.9. The first-order valence-corrected chi connectivity index (χ1v) is 21.8. The Labute approximate surface area is 380 Å². The summed E-state index contributed by atoms with van der Waals surface area (Å²) in [4.78, 5) is 58.8. The van der Waals surface area contributed by atoms with E-state index in [-0.39, 0.29) is 37.5 Å². The SMILES string of the molecule is COC1C(O)CC(=O)OC(C)CC=CC=CC(O)C(C)CC(CC=O)C1OC1OC(C)C(OC2CC(C)(O)C(OC(=O)CC(C)C)C(C)O2)C(N(C)C)C1O.O=C(O)C(O)C(O)C(=O)O. The molecule has 0 amide bonds. The Morgan fingerprint density at radius 1 is 0.938 bits per heavy atom. The first-order chi connectivity index (χ1) is 30.2. The lowest BCUT2D eigenvalue weighted by molar-refractivity contribution is -0.344. The van der Waals surface area contributed by atoms with Crippen molar-refractivity contribution in [3.63, 3.8) is 0 Å². The molecule has 21 heteroatoms. The van der Waals surface area contributed by atoms with Crippen molar-refractivity contribution in [3.05, 3.63) is 24.3 Å². The fraction of sp³-hybridized carbons (Fsp3) is 0.795. The van der Waals surface area contributed by atoms with Crippen molar-refractivity contribution in [3.8, 4) is 0 Å². The van der Waals surface area contributed by atoms with Gasteiger partial charge in [-0.05, 0) is 66.0 Å². The van der Waals surface area contributed by atoms with Crippen LogP contribution in [0, 0.1) is 17.8 Å². The van der Waals surface area contributed by atoms with Crippen molar-refractivity contribution >= 4 is 30.2 Å². The number of rotatable bonds is 14. The minimum Gasteiger partial charge on any atom is -0.479 e. The average molecular weight is 936 g/mol. The van der Waals surface area contributed by atoms with Crippen molar-refractivity contribution < 1.29 is 98.0 Å². The fourth-order valence-electron chi connectivity index (χ4n) is 8.05. The van der Waals surface area contributed by atoms with Crippen LogP contribution in [0.4, 0.5) is 0 Å². The molecule has 3 aliphatic rings. The summed E-state index contributed by atoms with van der Waals surface area (Å²) in [5, 5.41) is 78.3. The number of esters is 2. The van der Waals surface area contributed by atoms with Gasteiger partial charge in [-0.25, -0.2) is 9.59 Å². The molecule has 2 saturated heterocycles. The number of ether oxygens (including phenoxy) is 7. The molecular formula is C44H73NO20. The van der Waals surface area contributed by atoms with Crippen molar-refractivity contribution in [2.75, 3.05) is 21.2 Å². The van der Waals surface area contributed by atoms with Gasteiger partial charge in [0, 0.05) is 32.8 Å². The number of hydrogen-bond acceptors (Lipinski definition) is 19. The Morgan fingerprint density at radius 3 is 2.08 bits per heavy atom. The second-order valence-electron chi connectivity index (χ2n) is 17.9. The Balaban J connectivity index is 0.00000129. The van der Waals surface area contributed by atoms with Crippen LogP contribution in [0.25, 0.3) is 0 Å². The van der Waals surface area contributed by atoms with E-state index in [4.69, 9.17) is 53.6 Å². The van der Waals surface area contributed by atoms with Crippen LogP contribution < -0.4 is 0 Å². The second kappa shape index (κ2) is 26.8. The molecule has 3 heterocycles. The van der Waals surface area contributed by atoms with Gasteiger partial charge in [0.05, 0.1) is 43.0 Å². The Morgan fingerprint density at radius 2 is 1.55 bits per heavy atom. The van der Waals surface area contributed by atoms with E-state index in [1.54, 1.807) is 64.9 Å². The molecule has 18 unspecified atom stereocenters. The number of carbonyl (C=O) groups excluding carboxylic acids is 3. The van der Waals surface area contributed by atoms with Crippen LogP contribution in [0.5, 0.6) is 0 Å². The van der Waals surface area contributed by atoms with Gasteiger partial charge in [0.15, 0.2) is 30.9 Å². The molecule has 3 aliphatic heterocycles. The van der Waals surface area contributed by atoms with E-state index in [1.807, 2.05) is 26.8 Å². The molecule has 3 rings (SSSR count). The highest BCUT2D eigenvalue weighted by Crippen LogP contribution is 2.37. The van der Waals surface area contributed by atoms with E-state index < -0.39 is 134 Å². The summed E-state index contributed by atoms with van der Waals surface area (Å²) < 4.78 is 42.4. The zero-order chi connectivity index (χ0) is 49.5.